The summed E-state index contributed by atoms with van der Waals surface area (Å²) in [5.74, 6) is 0. The highest BCUT2D eigenvalue weighted by atomic mass is 32.1. The molecule has 2 atom stereocenters. The molecule has 0 saturated carbocycles. The Morgan fingerprint density at radius 2 is 1.88 bits per heavy atom. The van der Waals surface area contributed by atoms with Gasteiger partial charge in [0.2, 0.25) is 0 Å². The van der Waals surface area contributed by atoms with Gasteiger partial charge in [-0.15, -0.1) is 0 Å². The molecule has 1 aliphatic rings. The fourth-order valence-corrected chi connectivity index (χ4v) is 3.95. The molecule has 132 valence electrons. The number of nitrogens with one attached hydrogen (secondary N) is 1. The van der Waals surface area contributed by atoms with E-state index in [9.17, 15) is 0 Å². The number of hydrogen-bond acceptors (Lipinski definition) is 2. The molecule has 1 saturated heterocycles. The third-order valence-corrected chi connectivity index (χ3v) is 5.32. The van der Waals surface area contributed by atoms with Crippen molar-refractivity contribution in [1.29, 1.82) is 0 Å². The summed E-state index contributed by atoms with van der Waals surface area (Å²) in [5, 5.41) is 4.23. The fourth-order valence-electron chi connectivity index (χ4n) is 3.61. The van der Waals surface area contributed by atoms with Crippen LogP contribution in [0.5, 0.6) is 0 Å². The number of rotatable bonds is 4. The van der Waals surface area contributed by atoms with Crippen LogP contribution in [0.1, 0.15) is 36.0 Å². The summed E-state index contributed by atoms with van der Waals surface area (Å²) >= 11 is 5.73. The molecule has 0 aliphatic carbocycles. The summed E-state index contributed by atoms with van der Waals surface area (Å²) in [5.41, 5.74) is 4.62. The van der Waals surface area contributed by atoms with Crippen LogP contribution in [0.2, 0.25) is 0 Å². The van der Waals surface area contributed by atoms with Crippen molar-refractivity contribution in [3.63, 3.8) is 0 Å². The average molecular weight is 363 g/mol. The number of hydrogen-bond donors (Lipinski definition) is 1. The molecule has 1 fully saturated rings. The van der Waals surface area contributed by atoms with Gasteiger partial charge in [0.05, 0.1) is 11.7 Å². The van der Waals surface area contributed by atoms with Crippen molar-refractivity contribution in [2.75, 3.05) is 4.90 Å². The van der Waals surface area contributed by atoms with Crippen LogP contribution in [0.25, 0.3) is 0 Å². The Kier molecular flexibility index (Phi) is 4.47. The van der Waals surface area contributed by atoms with Crippen LogP contribution in [0, 0.1) is 0 Å². The van der Waals surface area contributed by atoms with Gasteiger partial charge < -0.3 is 14.8 Å². The Labute approximate surface area is 159 Å². The summed E-state index contributed by atoms with van der Waals surface area (Å²) in [6.45, 7) is 2.17. The monoisotopic (exact) mass is 362 g/mol. The van der Waals surface area contributed by atoms with Crippen LogP contribution in [-0.2, 0) is 13.5 Å². The van der Waals surface area contributed by atoms with Crippen molar-refractivity contribution in [1.82, 2.24) is 14.9 Å². The largest absolute Gasteiger partial charge is 0.353 e. The lowest BCUT2D eigenvalue weighted by molar-refractivity contribution is 0.541. The van der Waals surface area contributed by atoms with Crippen molar-refractivity contribution in [3.8, 4) is 0 Å². The standard InChI is InChI=1S/C21H22N4S/c1-3-15-9-11-16(12-10-15)25-20(18-8-6-14-24(18)2)19(23-21(25)26)17-7-4-5-13-22-17/h4-14,19-20H,3H2,1-2H3,(H,23,26)/t19-,20-/m0/s1. The number of pyridine rings is 1. The van der Waals surface area contributed by atoms with E-state index in [2.05, 4.69) is 82.4 Å². The molecule has 0 unspecified atom stereocenters. The van der Waals surface area contributed by atoms with Gasteiger partial charge in [-0.1, -0.05) is 25.1 Å². The first-order valence-electron chi connectivity index (χ1n) is 8.90. The first kappa shape index (κ1) is 16.8. The van der Waals surface area contributed by atoms with E-state index in [1.54, 1.807) is 0 Å². The Morgan fingerprint density at radius 3 is 2.50 bits per heavy atom. The molecule has 4 rings (SSSR count). The molecule has 1 N–H and O–H groups in total. The van der Waals surface area contributed by atoms with E-state index in [-0.39, 0.29) is 12.1 Å². The predicted octanol–water partition coefficient (Wildman–Crippen LogP) is 4.16. The van der Waals surface area contributed by atoms with Gasteiger partial charge in [0.25, 0.3) is 0 Å². The lowest BCUT2D eigenvalue weighted by Crippen LogP contribution is -2.30. The van der Waals surface area contributed by atoms with Gasteiger partial charge in [-0.25, -0.2) is 0 Å². The molecule has 3 aromatic rings. The molecule has 0 bridgehead atoms. The average Bonchev–Trinajstić information content (AvgIpc) is 3.25. The third kappa shape index (κ3) is 2.88. The van der Waals surface area contributed by atoms with Gasteiger partial charge in [0.15, 0.2) is 5.11 Å². The van der Waals surface area contributed by atoms with E-state index in [0.29, 0.717) is 0 Å². The second kappa shape index (κ2) is 6.92. The molecular weight excluding hydrogens is 340 g/mol. The van der Waals surface area contributed by atoms with Crippen LogP contribution in [0.4, 0.5) is 5.69 Å². The zero-order valence-electron chi connectivity index (χ0n) is 15.0. The highest BCUT2D eigenvalue weighted by Crippen LogP contribution is 2.41. The minimum atomic E-state index is 0.00292. The van der Waals surface area contributed by atoms with Crippen LogP contribution < -0.4 is 10.2 Å². The van der Waals surface area contributed by atoms with Gasteiger partial charge in [-0.3, -0.25) is 4.98 Å². The fraction of sp³-hybridized carbons (Fsp3) is 0.238. The van der Waals surface area contributed by atoms with Gasteiger partial charge in [-0.2, -0.15) is 0 Å². The van der Waals surface area contributed by atoms with Crippen molar-refractivity contribution >= 4 is 23.0 Å². The maximum Gasteiger partial charge on any atom is 0.174 e. The lowest BCUT2D eigenvalue weighted by atomic mass is 10.0. The zero-order chi connectivity index (χ0) is 18.1. The summed E-state index contributed by atoms with van der Waals surface area (Å²) < 4.78 is 2.16. The van der Waals surface area contributed by atoms with Gasteiger partial charge in [0.1, 0.15) is 6.04 Å². The van der Waals surface area contributed by atoms with E-state index in [4.69, 9.17) is 12.2 Å². The van der Waals surface area contributed by atoms with Crippen molar-refractivity contribution in [2.45, 2.75) is 25.4 Å². The number of aryl methyl sites for hydroxylation is 2. The molecule has 1 aromatic carbocycles. The minimum Gasteiger partial charge on any atom is -0.353 e. The number of aromatic nitrogens is 2. The topological polar surface area (TPSA) is 33.1 Å². The maximum absolute atomic E-state index is 5.73. The third-order valence-electron chi connectivity index (χ3n) is 5.01. The first-order chi connectivity index (χ1) is 12.7. The smallest absolute Gasteiger partial charge is 0.174 e. The Balaban J connectivity index is 1.81. The number of thiocarbonyl (C=S) groups is 1. The predicted molar refractivity (Wildman–Crippen MR) is 109 cm³/mol. The Bertz CT molecular complexity index is 901. The molecule has 0 radical (unpaired) electrons. The summed E-state index contributed by atoms with van der Waals surface area (Å²) in [7, 11) is 2.07. The van der Waals surface area contributed by atoms with Gasteiger partial charge in [0, 0.05) is 30.8 Å². The van der Waals surface area contributed by atoms with E-state index in [1.807, 2.05) is 18.3 Å². The minimum absolute atomic E-state index is 0.00292. The molecule has 26 heavy (non-hydrogen) atoms. The van der Waals surface area contributed by atoms with Crippen molar-refractivity contribution in [3.05, 3.63) is 83.9 Å². The highest BCUT2D eigenvalue weighted by molar-refractivity contribution is 7.80. The quantitative estimate of drug-likeness (QED) is 0.707. The lowest BCUT2D eigenvalue weighted by Gasteiger charge is -2.28. The van der Waals surface area contributed by atoms with Crippen LogP contribution in [0.3, 0.4) is 0 Å². The van der Waals surface area contributed by atoms with Gasteiger partial charge >= 0.3 is 0 Å². The van der Waals surface area contributed by atoms with E-state index in [1.165, 1.54) is 11.3 Å². The second-order valence-electron chi connectivity index (χ2n) is 6.56. The molecule has 5 heteroatoms. The Hall–Kier alpha value is -2.66. The normalized spacial score (nSPS) is 19.6. The number of anilines is 1. The second-order valence-corrected chi connectivity index (χ2v) is 6.95. The molecular formula is C21H22N4S. The molecule has 4 nitrogen and oxygen atoms in total. The van der Waals surface area contributed by atoms with Crippen molar-refractivity contribution in [2.24, 2.45) is 7.05 Å². The number of nitrogens with zero attached hydrogens (tertiary/aromatic N) is 3. The zero-order valence-corrected chi connectivity index (χ0v) is 15.8. The van der Waals surface area contributed by atoms with Crippen LogP contribution in [0.15, 0.2) is 67.0 Å². The molecule has 1 aliphatic heterocycles. The summed E-state index contributed by atoms with van der Waals surface area (Å²) in [6.07, 6.45) is 4.94. The van der Waals surface area contributed by atoms with E-state index >= 15 is 0 Å². The van der Waals surface area contributed by atoms with Crippen molar-refractivity contribution < 1.29 is 0 Å². The summed E-state index contributed by atoms with van der Waals surface area (Å²) in [4.78, 5) is 6.79. The van der Waals surface area contributed by atoms with E-state index in [0.717, 1.165) is 22.9 Å². The maximum atomic E-state index is 5.73. The highest BCUT2D eigenvalue weighted by Gasteiger charge is 2.41. The number of benzene rings is 1. The summed E-state index contributed by atoms with van der Waals surface area (Å²) in [6, 6.07) is 19.0. The molecule has 3 heterocycles. The first-order valence-corrected chi connectivity index (χ1v) is 9.30. The molecule has 0 amide bonds. The van der Waals surface area contributed by atoms with Crippen LogP contribution in [-0.4, -0.2) is 14.7 Å². The van der Waals surface area contributed by atoms with E-state index < -0.39 is 0 Å². The molecule has 2 aromatic heterocycles. The molecule has 0 spiro atoms. The Morgan fingerprint density at radius 1 is 1.08 bits per heavy atom. The van der Waals surface area contributed by atoms with Gasteiger partial charge in [-0.05, 0) is 60.6 Å². The SMILES string of the molecule is CCc1ccc(N2C(=S)N[C@@H](c3ccccn3)[C@@H]2c2cccn2C)cc1. The van der Waals surface area contributed by atoms with Crippen LogP contribution >= 0.6 is 12.2 Å².